The van der Waals surface area contributed by atoms with Crippen LogP contribution in [0.2, 0.25) is 0 Å². The number of aromatic amines is 1. The smallest absolute Gasteiger partial charge is 0.435 e. The van der Waals surface area contributed by atoms with Gasteiger partial charge in [-0.2, -0.15) is 21.8 Å². The van der Waals surface area contributed by atoms with E-state index in [4.69, 9.17) is 14.7 Å². The zero-order valence-electron chi connectivity index (χ0n) is 15.4. The average Bonchev–Trinajstić information content (AvgIpc) is 2.52. The van der Waals surface area contributed by atoms with Gasteiger partial charge < -0.3 is 43.5 Å². The summed E-state index contributed by atoms with van der Waals surface area (Å²) in [6, 6.07) is 0.926. The topological polar surface area (TPSA) is 218 Å². The van der Waals surface area contributed by atoms with Gasteiger partial charge in [0.2, 0.25) is 5.69 Å². The maximum absolute atomic E-state index is 14.7. The second-order valence-corrected chi connectivity index (χ2v) is 10.3. The summed E-state index contributed by atoms with van der Waals surface area (Å²) in [6.07, 6.45) is -8.43. The zero-order chi connectivity index (χ0) is 25.2. The molecule has 3 unspecified atom stereocenters. The van der Waals surface area contributed by atoms with Crippen molar-refractivity contribution < 1.29 is 100 Å². The summed E-state index contributed by atoms with van der Waals surface area (Å²) in [5.74, 6) is 0. The molecule has 14 nitrogen and oxygen atoms in total. The minimum absolute atomic E-state index is 0. The number of hydrogen-bond donors (Lipinski definition) is 6. The molecule has 33 heavy (non-hydrogen) atoms. The summed E-state index contributed by atoms with van der Waals surface area (Å²) in [5.41, 5.74) is -5.96. The summed E-state index contributed by atoms with van der Waals surface area (Å²) < 4.78 is 97.9. The predicted molar refractivity (Wildman–Crippen MR) is 95.6 cm³/mol. The molecule has 1 heterocycles. The van der Waals surface area contributed by atoms with Gasteiger partial charge in [-0.05, 0) is 6.10 Å². The zero-order valence-corrected chi connectivity index (χ0v) is 23.1. The molecule has 1 aromatic heterocycles. The fourth-order valence-corrected chi connectivity index (χ4v) is 4.87. The molecule has 0 aliphatic rings. The first kappa shape index (κ1) is 33.1. The average molecular weight is 792 g/mol. The Balaban J connectivity index is 0.0000102. The molecule has 6 N–H and O–H groups in total. The molecule has 0 bridgehead atoms. The summed E-state index contributed by atoms with van der Waals surface area (Å²) in [4.78, 5) is 48.3. The molecule has 0 saturated carbocycles. The normalized spacial score (nSPS) is 18.8. The van der Waals surface area contributed by atoms with E-state index in [1.54, 1.807) is 0 Å². The van der Waals surface area contributed by atoms with Gasteiger partial charge in [-0.1, -0.05) is 37.6 Å². The number of aromatic nitrogens is 2. The molecule has 0 radical (unpaired) electrons. The third kappa shape index (κ3) is 10.7. The Bertz CT molecular complexity index is 1080. The molecule has 188 valence electrons. The van der Waals surface area contributed by atoms with E-state index >= 15 is 0 Å². The molecule has 23 heteroatoms. The van der Waals surface area contributed by atoms with Gasteiger partial charge in [0.05, 0.1) is 4.64 Å². The largest absolute Gasteiger partial charge is 2.00 e. The Morgan fingerprint density at radius 2 is 1.67 bits per heavy atom. The van der Waals surface area contributed by atoms with Gasteiger partial charge in [0.15, 0.2) is 5.67 Å². The molecule has 0 saturated heterocycles. The second kappa shape index (κ2) is 11.9. The first-order chi connectivity index (χ1) is 14.2. The molecule has 0 amide bonds. The number of nitrogens with one attached hydrogen (secondary N) is 1. The Kier molecular flexibility index (Phi) is 11.9. The Morgan fingerprint density at radius 3 is 2.12 bits per heavy atom. The number of halogens is 4. The minimum atomic E-state index is -5.90. The van der Waals surface area contributed by atoms with E-state index in [-0.39, 0.29) is 53.3 Å². The van der Waals surface area contributed by atoms with Gasteiger partial charge in [-0.15, -0.1) is 0 Å². The van der Waals surface area contributed by atoms with Gasteiger partial charge in [-0.25, -0.2) is 18.1 Å². The van der Waals surface area contributed by atoms with Gasteiger partial charge in [-0.3, -0.25) is 6.42 Å². The van der Waals surface area contributed by atoms with Gasteiger partial charge in [0.25, 0.3) is 0 Å². The predicted octanol–water partition coefficient (Wildman–Crippen LogP) is 1.09. The Labute approximate surface area is 209 Å². The van der Waals surface area contributed by atoms with Crippen molar-refractivity contribution in [2.24, 2.45) is 0 Å². The molecule has 1 aromatic rings. The van der Waals surface area contributed by atoms with E-state index in [2.05, 4.69) is 25.4 Å². The molecular formula is C10H13F4N2O12P3SU. The SMILES string of the molecule is O=c1[nH]c(=S)ccn1[CH-]C(F)([C@@H](O)[CH-]COP(=O)(O)OP(=O)(O)OP(=O)(O)O)C(F)(F)F.[U+2]. The van der Waals surface area contributed by atoms with E-state index in [0.717, 1.165) is 6.07 Å². The van der Waals surface area contributed by atoms with Crippen LogP contribution >= 0.6 is 35.7 Å². The number of phosphoric ester groups is 1. The van der Waals surface area contributed by atoms with Crippen LogP contribution in [0, 0.1) is 48.7 Å². The van der Waals surface area contributed by atoms with E-state index < -0.39 is 53.7 Å². The maximum Gasteiger partial charge on any atom is 2.00 e. The van der Waals surface area contributed by atoms with Crippen molar-refractivity contribution in [1.82, 2.24) is 9.55 Å². The molecule has 0 aliphatic carbocycles. The molecule has 0 aromatic carbocycles. The standard InChI is InChI=1S/C10H13F4N2O12P3S.U/c11-9(10(12,13)14,5-16-3-1-7(32)15-8(16)18)6(17)2-4-26-30(22,23)28-31(24,25)27-29(19,20)21;/h1-3,5-6,17H,4H2,(H,22,23)(H,24,25)(H,15,18,32)(H2,19,20,21);/q-2;+2/t6-,9?;/m0./s1. The number of phosphoric acid groups is 3. The molecule has 0 fully saturated rings. The molecule has 0 aliphatic heterocycles. The molecule has 1 rings (SSSR count). The number of aliphatic hydroxyl groups excluding tert-OH is 1. The first-order valence-corrected chi connectivity index (χ1v) is 12.3. The monoisotopic (exact) mass is 792 g/mol. The minimum Gasteiger partial charge on any atom is -0.435 e. The van der Waals surface area contributed by atoms with Crippen molar-refractivity contribution in [3.8, 4) is 0 Å². The van der Waals surface area contributed by atoms with Crippen molar-refractivity contribution in [2.75, 3.05) is 6.61 Å². The summed E-state index contributed by atoms with van der Waals surface area (Å²) in [7, 11) is -17.3. The summed E-state index contributed by atoms with van der Waals surface area (Å²) in [6.45, 7) is -1.90. The molecular weight excluding hydrogens is 779 g/mol. The number of aliphatic hydroxyl groups is 1. The van der Waals surface area contributed by atoms with Crippen molar-refractivity contribution in [3.05, 3.63) is 40.4 Å². The van der Waals surface area contributed by atoms with E-state index in [1.165, 1.54) is 0 Å². The van der Waals surface area contributed by atoms with Crippen molar-refractivity contribution >= 4 is 35.7 Å². The quantitative estimate of drug-likeness (QED) is 0.0802. The van der Waals surface area contributed by atoms with Crippen LogP contribution in [0.4, 0.5) is 17.6 Å². The van der Waals surface area contributed by atoms with Crippen LogP contribution < -0.4 is 5.69 Å². The van der Waals surface area contributed by atoms with Crippen LogP contribution in [0.25, 0.3) is 0 Å². The van der Waals surface area contributed by atoms with Crippen LogP contribution in [-0.4, -0.2) is 58.8 Å². The van der Waals surface area contributed by atoms with Crippen molar-refractivity contribution in [3.63, 3.8) is 0 Å². The van der Waals surface area contributed by atoms with E-state index in [0.29, 0.717) is 6.20 Å². The number of H-pyrrole nitrogens is 1. The Hall–Kier alpha value is 0.112. The second-order valence-electron chi connectivity index (χ2n) is 5.48. The Morgan fingerprint density at radius 1 is 1.12 bits per heavy atom. The van der Waals surface area contributed by atoms with Crippen LogP contribution in [0.1, 0.15) is 0 Å². The fraction of sp³-hybridized carbons (Fsp3) is 0.400. The van der Waals surface area contributed by atoms with Crippen LogP contribution in [-0.2, 0) is 26.8 Å². The van der Waals surface area contributed by atoms with Crippen LogP contribution in [0.3, 0.4) is 0 Å². The van der Waals surface area contributed by atoms with Gasteiger partial charge in [0, 0.05) is 0 Å². The molecule has 4 atom stereocenters. The van der Waals surface area contributed by atoms with Crippen molar-refractivity contribution in [1.29, 1.82) is 0 Å². The fourth-order valence-electron chi connectivity index (χ4n) is 1.75. The van der Waals surface area contributed by atoms with Gasteiger partial charge >= 0.3 is 60.8 Å². The molecule has 0 spiro atoms. The third-order valence-electron chi connectivity index (χ3n) is 3.02. The van der Waals surface area contributed by atoms with Gasteiger partial charge in [0.1, 0.15) is 0 Å². The van der Waals surface area contributed by atoms with E-state index in [1.807, 2.05) is 4.98 Å². The number of alkyl halides is 4. The number of nitrogens with zero attached hydrogens (tertiary/aromatic N) is 1. The summed E-state index contributed by atoms with van der Waals surface area (Å²) in [5, 5.41) is 9.64. The van der Waals surface area contributed by atoms with Crippen LogP contribution in [0.15, 0.2) is 17.1 Å². The first-order valence-electron chi connectivity index (χ1n) is 7.40. The number of hydrogen-bond acceptors (Lipinski definition) is 9. The summed E-state index contributed by atoms with van der Waals surface area (Å²) >= 11 is 4.56. The maximum atomic E-state index is 14.7. The third-order valence-corrected chi connectivity index (χ3v) is 7.06. The van der Waals surface area contributed by atoms with E-state index in [9.17, 15) is 46.1 Å². The van der Waals surface area contributed by atoms with Crippen molar-refractivity contribution in [2.45, 2.75) is 17.9 Å². The number of rotatable bonds is 11. The van der Waals surface area contributed by atoms with Crippen LogP contribution in [0.5, 0.6) is 0 Å².